The quantitative estimate of drug-likeness (QED) is 0.479. The highest BCUT2D eigenvalue weighted by molar-refractivity contribution is 8.22. The van der Waals surface area contributed by atoms with Crippen molar-refractivity contribution in [1.29, 1.82) is 0 Å². The molecule has 6 nitrogen and oxygen atoms in total. The highest BCUT2D eigenvalue weighted by Crippen LogP contribution is 2.52. The number of hydrogen-bond acceptors (Lipinski definition) is 6. The first kappa shape index (κ1) is 22.0. The van der Waals surface area contributed by atoms with Crippen LogP contribution in [0.25, 0.3) is 11.1 Å². The third kappa shape index (κ3) is 4.02. The molecule has 0 radical (unpaired) electrons. The third-order valence-corrected chi connectivity index (χ3v) is 8.43. The molecule has 1 aliphatic heterocycles. The Labute approximate surface area is 195 Å². The van der Waals surface area contributed by atoms with Crippen molar-refractivity contribution in [2.75, 3.05) is 20.9 Å². The first-order valence-corrected chi connectivity index (χ1v) is 12.4. The molecule has 1 aliphatic carbocycles. The van der Waals surface area contributed by atoms with Crippen molar-refractivity contribution >= 4 is 16.6 Å². The molecule has 0 saturated heterocycles. The number of carbonyl (C=O) groups excluding carboxylic acids is 1. The Morgan fingerprint density at radius 2 is 1.67 bits per heavy atom. The molecule has 172 valence electrons. The van der Waals surface area contributed by atoms with Crippen molar-refractivity contribution in [3.8, 4) is 22.6 Å². The molecule has 7 heteroatoms. The second kappa shape index (κ2) is 8.18. The summed E-state index contributed by atoms with van der Waals surface area (Å²) in [4.78, 5) is 13.7. The molecule has 1 heterocycles. The average molecular weight is 466 g/mol. The molecule has 2 N–H and O–H groups in total. The van der Waals surface area contributed by atoms with Gasteiger partial charge < -0.3 is 9.47 Å². The summed E-state index contributed by atoms with van der Waals surface area (Å²) in [6, 6.07) is 21.0. The Morgan fingerprint density at radius 3 is 2.36 bits per heavy atom. The maximum absolute atomic E-state index is 13.2. The molecular weight excluding hydrogens is 438 g/mol. The van der Waals surface area contributed by atoms with Crippen LogP contribution in [0.2, 0.25) is 0 Å². The van der Waals surface area contributed by atoms with E-state index in [2.05, 4.69) is 0 Å². The Kier molecular flexibility index (Phi) is 5.45. The van der Waals surface area contributed by atoms with Crippen LogP contribution in [0.3, 0.4) is 0 Å². The fourth-order valence-electron chi connectivity index (χ4n) is 4.27. The molecule has 33 heavy (non-hydrogen) atoms. The maximum atomic E-state index is 13.2. The molecule has 3 aromatic rings. The van der Waals surface area contributed by atoms with Gasteiger partial charge in [-0.25, -0.2) is 4.31 Å². The van der Waals surface area contributed by atoms with Crippen molar-refractivity contribution in [1.82, 2.24) is 4.31 Å². The van der Waals surface area contributed by atoms with Gasteiger partial charge in [-0.05, 0) is 59.4 Å². The van der Waals surface area contributed by atoms with E-state index in [0.717, 1.165) is 40.8 Å². The monoisotopic (exact) mass is 465 g/mol. The van der Waals surface area contributed by atoms with Gasteiger partial charge in [0.2, 0.25) is 6.79 Å². The number of rotatable bonds is 7. The van der Waals surface area contributed by atoms with Crippen LogP contribution in [0.4, 0.5) is 0 Å². The summed E-state index contributed by atoms with van der Waals surface area (Å²) in [7, 11) is 0.287. The summed E-state index contributed by atoms with van der Waals surface area (Å²) in [5.41, 5.74) is 3.40. The Bertz CT molecular complexity index is 1200. The molecule has 0 spiro atoms. The van der Waals surface area contributed by atoms with E-state index in [-0.39, 0.29) is 12.6 Å². The van der Waals surface area contributed by atoms with Gasteiger partial charge in [-0.2, -0.15) is 0 Å². The van der Waals surface area contributed by atoms with Crippen LogP contribution in [0.15, 0.2) is 71.6 Å². The van der Waals surface area contributed by atoms with Crippen LogP contribution < -0.4 is 9.47 Å². The molecule has 0 atom stereocenters. The van der Waals surface area contributed by atoms with E-state index in [4.69, 9.17) is 9.47 Å². The van der Waals surface area contributed by atoms with Crippen molar-refractivity contribution < 1.29 is 23.4 Å². The van der Waals surface area contributed by atoms with Crippen LogP contribution >= 0.6 is 10.8 Å². The van der Waals surface area contributed by atoms with Crippen molar-refractivity contribution in [3.05, 3.63) is 77.9 Å². The second-order valence-corrected chi connectivity index (χ2v) is 11.0. The number of carbonyl (C=O) groups is 1. The number of hydrogen-bond donors (Lipinski definition) is 2. The van der Waals surface area contributed by atoms with Crippen LogP contribution in [-0.2, 0) is 16.6 Å². The first-order chi connectivity index (χ1) is 15.8. The Hall–Kier alpha value is -2.84. The van der Waals surface area contributed by atoms with Gasteiger partial charge >= 0.3 is 0 Å². The van der Waals surface area contributed by atoms with Crippen molar-refractivity contribution in [2.45, 2.75) is 29.6 Å². The minimum Gasteiger partial charge on any atom is -0.454 e. The van der Waals surface area contributed by atoms with Crippen LogP contribution in [0.1, 0.15) is 24.0 Å². The van der Waals surface area contributed by atoms with E-state index in [9.17, 15) is 13.9 Å². The lowest BCUT2D eigenvalue weighted by Gasteiger charge is -2.38. The van der Waals surface area contributed by atoms with E-state index >= 15 is 0 Å². The van der Waals surface area contributed by atoms with E-state index in [1.165, 1.54) is 4.31 Å². The smallest absolute Gasteiger partial charge is 0.231 e. The normalized spacial score (nSPS) is 16.6. The minimum atomic E-state index is -3.00. The van der Waals surface area contributed by atoms with Gasteiger partial charge in [-0.1, -0.05) is 42.5 Å². The molecule has 0 amide bonds. The molecule has 1 fully saturated rings. The average Bonchev–Trinajstić information content (AvgIpc) is 3.50. The van der Waals surface area contributed by atoms with E-state index in [1.807, 2.05) is 54.6 Å². The van der Waals surface area contributed by atoms with Gasteiger partial charge in [0.05, 0.1) is 10.3 Å². The zero-order valence-electron chi connectivity index (χ0n) is 18.7. The van der Waals surface area contributed by atoms with Gasteiger partial charge in [0, 0.05) is 20.5 Å². The van der Waals surface area contributed by atoms with Gasteiger partial charge in [-0.3, -0.25) is 13.9 Å². The lowest BCUT2D eigenvalue weighted by atomic mass is 9.87. The minimum absolute atomic E-state index is 0.219. The predicted octanol–water partition coefficient (Wildman–Crippen LogP) is 5.51. The van der Waals surface area contributed by atoms with E-state index in [1.54, 1.807) is 26.2 Å². The highest BCUT2D eigenvalue weighted by Gasteiger charge is 2.50. The summed E-state index contributed by atoms with van der Waals surface area (Å²) < 4.78 is 33.1. The van der Waals surface area contributed by atoms with Crippen LogP contribution in [-0.4, -0.2) is 40.1 Å². The first-order valence-electron chi connectivity index (χ1n) is 10.9. The molecular formula is C26H27NO5S. The summed E-state index contributed by atoms with van der Waals surface area (Å²) in [6.45, 7) is 0.225. The van der Waals surface area contributed by atoms with Gasteiger partial charge in [0.15, 0.2) is 11.5 Å². The number of nitrogens with zero attached hydrogens (tertiary/aromatic N) is 1. The van der Waals surface area contributed by atoms with Crippen LogP contribution in [0, 0.1) is 0 Å². The zero-order chi connectivity index (χ0) is 23.2. The van der Waals surface area contributed by atoms with Crippen LogP contribution in [0.5, 0.6) is 11.5 Å². The third-order valence-electron chi connectivity index (χ3n) is 6.52. The number of benzene rings is 3. The lowest BCUT2D eigenvalue weighted by molar-refractivity contribution is -0.120. The molecule has 0 bridgehead atoms. The summed E-state index contributed by atoms with van der Waals surface area (Å²) >= 11 is 0. The van der Waals surface area contributed by atoms with Crippen molar-refractivity contribution in [3.63, 3.8) is 0 Å². The zero-order valence-corrected chi connectivity index (χ0v) is 19.5. The molecule has 0 aromatic heterocycles. The molecule has 1 saturated carbocycles. The number of fused-ring (bicyclic) bond motifs is 1. The van der Waals surface area contributed by atoms with E-state index < -0.39 is 16.2 Å². The summed E-state index contributed by atoms with van der Waals surface area (Å²) in [5.74, 6) is 1.66. The van der Waals surface area contributed by atoms with Gasteiger partial charge in [0.25, 0.3) is 0 Å². The lowest BCUT2D eigenvalue weighted by Crippen LogP contribution is -2.22. The SMILES string of the molecule is CN(C)S(O)(O)c1cccc(-c2ccc(CC(=O)C3(c4ccc5c(c4)OCO5)CC3)cc2)c1. The Balaban J connectivity index is 1.32. The molecule has 0 unspecified atom stereocenters. The number of Topliss-reactive ketones (excluding diaryl/α,β-unsaturated/α-hetero) is 1. The maximum Gasteiger partial charge on any atom is 0.231 e. The summed E-state index contributed by atoms with van der Waals surface area (Å²) in [5, 5.41) is 0. The fraction of sp³-hybridized carbons (Fsp3) is 0.269. The van der Waals surface area contributed by atoms with Gasteiger partial charge in [-0.15, -0.1) is 10.8 Å². The van der Waals surface area contributed by atoms with Gasteiger partial charge in [0.1, 0.15) is 5.78 Å². The predicted molar refractivity (Wildman–Crippen MR) is 129 cm³/mol. The standard InChI is InChI=1S/C26H27NO5S/c1-27(2)33(29,30)22-5-3-4-20(15-22)19-8-6-18(7-9-19)14-25(28)26(12-13-26)21-10-11-23-24(16-21)32-17-31-23/h3-11,15-16,29-30H,12-14,17H2,1-2H3. The van der Waals surface area contributed by atoms with Crippen molar-refractivity contribution in [2.24, 2.45) is 0 Å². The number of ether oxygens (including phenoxy) is 2. The Morgan fingerprint density at radius 1 is 0.939 bits per heavy atom. The topological polar surface area (TPSA) is 79.2 Å². The molecule has 2 aliphatic rings. The largest absolute Gasteiger partial charge is 0.454 e. The molecule has 3 aromatic carbocycles. The molecule has 5 rings (SSSR count). The second-order valence-electron chi connectivity index (χ2n) is 8.81. The number of ketones is 1. The fourth-order valence-corrected chi connectivity index (χ4v) is 5.24. The highest BCUT2D eigenvalue weighted by atomic mass is 32.3. The van der Waals surface area contributed by atoms with E-state index in [0.29, 0.717) is 17.1 Å². The summed E-state index contributed by atoms with van der Waals surface area (Å²) in [6.07, 6.45) is 2.08.